The third kappa shape index (κ3) is 3.02. The topological polar surface area (TPSA) is 50.5 Å². The van der Waals surface area contributed by atoms with Crippen LogP contribution in [0.15, 0.2) is 39.8 Å². The minimum Gasteiger partial charge on any atom is -0.448 e. The first-order chi connectivity index (χ1) is 10.9. The summed E-state index contributed by atoms with van der Waals surface area (Å²) in [6.45, 7) is 5.51. The van der Waals surface area contributed by atoms with Gasteiger partial charge in [0.15, 0.2) is 0 Å². The Morgan fingerprint density at radius 1 is 1.04 bits per heavy atom. The van der Waals surface area contributed by atoms with Crippen molar-refractivity contribution in [3.8, 4) is 0 Å². The molecule has 0 N–H and O–H groups in total. The number of hydrogen-bond acceptors (Lipinski definition) is 3. The lowest BCUT2D eigenvalue weighted by Gasteiger charge is -2.28. The molecule has 0 radical (unpaired) electrons. The molecule has 124 valence electrons. The van der Waals surface area contributed by atoms with E-state index in [2.05, 4.69) is 6.07 Å². The van der Waals surface area contributed by atoms with E-state index in [1.165, 1.54) is 34.3 Å². The van der Waals surface area contributed by atoms with E-state index >= 15 is 0 Å². The van der Waals surface area contributed by atoms with Gasteiger partial charge in [0.1, 0.15) is 5.76 Å². The molecule has 1 aromatic heterocycles. The van der Waals surface area contributed by atoms with Gasteiger partial charge >= 0.3 is 0 Å². The molecule has 0 atom stereocenters. The Labute approximate surface area is 138 Å². The molecule has 0 saturated carbocycles. The lowest BCUT2D eigenvalue weighted by Crippen LogP contribution is -2.37. The van der Waals surface area contributed by atoms with E-state index < -0.39 is 10.0 Å². The summed E-state index contributed by atoms with van der Waals surface area (Å²) >= 11 is 0. The number of aryl methyl sites for hydroxylation is 3. The molecule has 0 bridgehead atoms. The number of anilines is 1. The molecule has 0 unspecified atom stereocenters. The van der Waals surface area contributed by atoms with Crippen LogP contribution in [0.25, 0.3) is 0 Å². The van der Waals surface area contributed by atoms with Gasteiger partial charge in [-0.15, -0.1) is 0 Å². The largest absolute Gasteiger partial charge is 0.448 e. The number of benzene rings is 1. The highest BCUT2D eigenvalue weighted by molar-refractivity contribution is 7.92. The zero-order chi connectivity index (χ0) is 16.6. The van der Waals surface area contributed by atoms with E-state index in [0.29, 0.717) is 5.76 Å². The second-order valence-electron chi connectivity index (χ2n) is 6.42. The van der Waals surface area contributed by atoms with Gasteiger partial charge in [0, 0.05) is 6.04 Å². The molecule has 1 heterocycles. The highest BCUT2D eigenvalue weighted by Gasteiger charge is 2.30. The number of hydrogen-bond donors (Lipinski definition) is 0. The molecule has 5 heteroatoms. The van der Waals surface area contributed by atoms with Crippen molar-refractivity contribution in [1.29, 1.82) is 0 Å². The lowest BCUT2D eigenvalue weighted by molar-refractivity contribution is 0.426. The van der Waals surface area contributed by atoms with Crippen molar-refractivity contribution in [2.24, 2.45) is 0 Å². The van der Waals surface area contributed by atoms with E-state index in [0.717, 1.165) is 18.5 Å². The SMILES string of the molecule is Cc1ccc(S(=O)(=O)N(c2ccc3c(c2)CCCC3)C(C)C)o1. The van der Waals surface area contributed by atoms with Crippen molar-refractivity contribution in [3.63, 3.8) is 0 Å². The molecule has 3 rings (SSSR count). The Kier molecular flexibility index (Phi) is 4.23. The van der Waals surface area contributed by atoms with Crippen molar-refractivity contribution in [1.82, 2.24) is 0 Å². The predicted octanol–water partition coefficient (Wildman–Crippen LogP) is 4.07. The van der Waals surface area contributed by atoms with Crippen molar-refractivity contribution >= 4 is 15.7 Å². The van der Waals surface area contributed by atoms with Gasteiger partial charge in [-0.3, -0.25) is 4.31 Å². The number of sulfonamides is 1. The maximum absolute atomic E-state index is 13.0. The van der Waals surface area contributed by atoms with Crippen LogP contribution in [-0.4, -0.2) is 14.5 Å². The normalized spacial score (nSPS) is 14.8. The smallest absolute Gasteiger partial charge is 0.298 e. The molecule has 0 aliphatic heterocycles. The molecule has 2 aromatic rings. The second-order valence-corrected chi connectivity index (χ2v) is 8.17. The zero-order valence-electron chi connectivity index (χ0n) is 13.9. The van der Waals surface area contributed by atoms with Crippen LogP contribution in [0.5, 0.6) is 0 Å². The summed E-state index contributed by atoms with van der Waals surface area (Å²) in [6, 6.07) is 9.03. The maximum atomic E-state index is 13.0. The first-order valence-electron chi connectivity index (χ1n) is 8.12. The molecule has 0 fully saturated rings. The fraction of sp³-hybridized carbons (Fsp3) is 0.444. The van der Waals surface area contributed by atoms with E-state index in [4.69, 9.17) is 4.42 Å². The number of nitrogens with zero attached hydrogens (tertiary/aromatic N) is 1. The lowest BCUT2D eigenvalue weighted by atomic mass is 9.91. The Morgan fingerprint density at radius 2 is 1.74 bits per heavy atom. The van der Waals surface area contributed by atoms with Gasteiger partial charge in [0.05, 0.1) is 5.69 Å². The number of furan rings is 1. The standard InChI is InChI=1S/C18H23NO3S/c1-13(2)19(23(20,21)18-11-8-14(3)22-18)17-10-9-15-6-4-5-7-16(15)12-17/h8-13H,4-7H2,1-3H3. The van der Waals surface area contributed by atoms with Gasteiger partial charge in [-0.25, -0.2) is 0 Å². The number of fused-ring (bicyclic) bond motifs is 1. The number of rotatable bonds is 4. The fourth-order valence-electron chi connectivity index (χ4n) is 3.22. The first kappa shape index (κ1) is 16.1. The Balaban J connectivity index is 2.05. The predicted molar refractivity (Wildman–Crippen MR) is 91.3 cm³/mol. The molecule has 4 nitrogen and oxygen atoms in total. The zero-order valence-corrected chi connectivity index (χ0v) is 14.7. The monoisotopic (exact) mass is 333 g/mol. The van der Waals surface area contributed by atoms with Gasteiger partial charge in [-0.2, -0.15) is 8.42 Å². The Bertz CT molecular complexity index is 805. The minimum absolute atomic E-state index is 0.00132. The summed E-state index contributed by atoms with van der Waals surface area (Å²) in [6.07, 6.45) is 4.49. The van der Waals surface area contributed by atoms with Crippen LogP contribution in [0.2, 0.25) is 0 Å². The van der Waals surface area contributed by atoms with E-state index in [1.54, 1.807) is 13.0 Å². The van der Waals surface area contributed by atoms with Crippen LogP contribution in [0.3, 0.4) is 0 Å². The summed E-state index contributed by atoms with van der Waals surface area (Å²) in [7, 11) is -3.69. The van der Waals surface area contributed by atoms with Crippen molar-refractivity contribution in [2.45, 2.75) is 57.6 Å². The van der Waals surface area contributed by atoms with Gasteiger partial charge in [-0.05, 0) is 81.8 Å². The van der Waals surface area contributed by atoms with Gasteiger partial charge in [-0.1, -0.05) is 6.07 Å². The molecule has 1 aliphatic rings. The molecule has 1 aromatic carbocycles. The van der Waals surface area contributed by atoms with Crippen molar-refractivity contribution in [2.75, 3.05) is 4.31 Å². The highest BCUT2D eigenvalue weighted by atomic mass is 32.2. The van der Waals surface area contributed by atoms with Crippen LogP contribution in [-0.2, 0) is 22.9 Å². The molecule has 0 amide bonds. The fourth-order valence-corrected chi connectivity index (χ4v) is 4.84. The van der Waals surface area contributed by atoms with E-state index in [-0.39, 0.29) is 11.1 Å². The molecule has 23 heavy (non-hydrogen) atoms. The third-order valence-corrected chi connectivity index (χ3v) is 6.16. The average Bonchev–Trinajstić information content (AvgIpc) is 2.94. The minimum atomic E-state index is -3.69. The van der Waals surface area contributed by atoms with Crippen molar-refractivity contribution in [3.05, 3.63) is 47.2 Å². The molecule has 0 spiro atoms. The maximum Gasteiger partial charge on any atom is 0.298 e. The Morgan fingerprint density at radius 3 is 2.35 bits per heavy atom. The van der Waals surface area contributed by atoms with Crippen molar-refractivity contribution < 1.29 is 12.8 Å². The Hall–Kier alpha value is -1.75. The molecule has 1 aliphatic carbocycles. The average molecular weight is 333 g/mol. The highest BCUT2D eigenvalue weighted by Crippen LogP contribution is 2.31. The quantitative estimate of drug-likeness (QED) is 0.847. The van der Waals surface area contributed by atoms with Gasteiger partial charge in [0.2, 0.25) is 5.09 Å². The van der Waals surface area contributed by atoms with Crippen LogP contribution < -0.4 is 4.31 Å². The molecular formula is C18H23NO3S. The molecule has 0 saturated heterocycles. The second kappa shape index (κ2) is 6.04. The summed E-state index contributed by atoms with van der Waals surface area (Å²) in [5, 5.41) is 0.00132. The van der Waals surface area contributed by atoms with Gasteiger partial charge < -0.3 is 4.42 Å². The third-order valence-electron chi connectivity index (χ3n) is 4.28. The van der Waals surface area contributed by atoms with E-state index in [9.17, 15) is 8.42 Å². The van der Waals surface area contributed by atoms with Gasteiger partial charge in [0.25, 0.3) is 10.0 Å². The van der Waals surface area contributed by atoms with Crippen LogP contribution in [0.4, 0.5) is 5.69 Å². The summed E-state index contributed by atoms with van der Waals surface area (Å²) in [5.41, 5.74) is 3.33. The van der Waals surface area contributed by atoms with Crippen LogP contribution >= 0.6 is 0 Å². The summed E-state index contributed by atoms with van der Waals surface area (Å²) in [4.78, 5) is 0. The van der Waals surface area contributed by atoms with E-state index in [1.807, 2.05) is 26.0 Å². The first-order valence-corrected chi connectivity index (χ1v) is 9.56. The summed E-state index contributed by atoms with van der Waals surface area (Å²) in [5.74, 6) is 0.595. The van der Waals surface area contributed by atoms with Crippen LogP contribution in [0, 0.1) is 6.92 Å². The summed E-state index contributed by atoms with van der Waals surface area (Å²) < 4.78 is 32.8. The molecular weight excluding hydrogens is 310 g/mol. The van der Waals surface area contributed by atoms with Crippen LogP contribution in [0.1, 0.15) is 43.6 Å².